The van der Waals surface area contributed by atoms with Crippen molar-refractivity contribution < 1.29 is 9.90 Å². The Labute approximate surface area is 188 Å². The summed E-state index contributed by atoms with van der Waals surface area (Å²) in [6, 6.07) is 10.2. The summed E-state index contributed by atoms with van der Waals surface area (Å²) in [5.41, 5.74) is 4.24. The number of fused-ring (bicyclic) bond motifs is 2. The predicted octanol–water partition coefficient (Wildman–Crippen LogP) is 4.31. The van der Waals surface area contributed by atoms with Crippen LogP contribution in [0.1, 0.15) is 22.4 Å². The molecule has 0 radical (unpaired) electrons. The number of nitrogens with zero attached hydrogens (tertiary/aromatic N) is 3. The fourth-order valence-electron chi connectivity index (χ4n) is 4.06. The maximum Gasteiger partial charge on any atom is 0.246 e. The highest BCUT2D eigenvalue weighted by molar-refractivity contribution is 7.19. The molecule has 1 aliphatic rings. The molecule has 0 saturated carbocycles. The largest absolute Gasteiger partial charge is 0.391 e. The van der Waals surface area contributed by atoms with Gasteiger partial charge in [0.15, 0.2) is 0 Å². The fraction of sp³-hybridized carbons (Fsp3) is 0.208. The second-order valence-corrected chi connectivity index (χ2v) is 8.95. The maximum atomic E-state index is 12.4. The summed E-state index contributed by atoms with van der Waals surface area (Å²) in [7, 11) is 0. The van der Waals surface area contributed by atoms with Gasteiger partial charge in [-0.3, -0.25) is 4.79 Å². The molecule has 1 unspecified atom stereocenters. The number of anilines is 2. The first-order valence-corrected chi connectivity index (χ1v) is 11.2. The first-order valence-electron chi connectivity index (χ1n) is 10.3. The van der Waals surface area contributed by atoms with Gasteiger partial charge in [-0.25, -0.2) is 4.98 Å². The van der Waals surface area contributed by atoms with E-state index < -0.39 is 6.10 Å². The quantitative estimate of drug-likeness (QED) is 0.408. The molecule has 7 nitrogen and oxygen atoms in total. The lowest BCUT2D eigenvalue weighted by molar-refractivity contribution is -0.125. The van der Waals surface area contributed by atoms with Crippen molar-refractivity contribution in [1.82, 2.24) is 14.9 Å². The summed E-state index contributed by atoms with van der Waals surface area (Å²) in [5.74, 6) is -0.113. The van der Waals surface area contributed by atoms with Crippen molar-refractivity contribution in [2.45, 2.75) is 19.4 Å². The van der Waals surface area contributed by atoms with Gasteiger partial charge in [0, 0.05) is 58.4 Å². The smallest absolute Gasteiger partial charge is 0.246 e. The first-order chi connectivity index (χ1) is 15.5. The molecule has 1 aliphatic heterocycles. The number of aryl methyl sites for hydroxylation is 1. The van der Waals surface area contributed by atoms with E-state index in [0.29, 0.717) is 30.8 Å². The van der Waals surface area contributed by atoms with Gasteiger partial charge in [-0.2, -0.15) is 5.26 Å². The van der Waals surface area contributed by atoms with E-state index in [1.54, 1.807) is 17.2 Å². The molecule has 1 aromatic carbocycles. The summed E-state index contributed by atoms with van der Waals surface area (Å²) in [6.07, 6.45) is 6.97. The Morgan fingerprint density at radius 1 is 1.41 bits per heavy atom. The number of aromatic nitrogens is 2. The van der Waals surface area contributed by atoms with Crippen molar-refractivity contribution in [2.75, 3.05) is 18.4 Å². The zero-order valence-corrected chi connectivity index (χ0v) is 18.2. The Morgan fingerprint density at radius 3 is 3.06 bits per heavy atom. The number of benzene rings is 1. The molecular weight excluding hydrogens is 422 g/mol. The highest BCUT2D eigenvalue weighted by Gasteiger charge is 2.23. The van der Waals surface area contributed by atoms with E-state index in [0.717, 1.165) is 37.2 Å². The summed E-state index contributed by atoms with van der Waals surface area (Å²) in [6.45, 7) is 3.00. The van der Waals surface area contributed by atoms with Gasteiger partial charge in [0.1, 0.15) is 10.9 Å². The van der Waals surface area contributed by atoms with Crippen LogP contribution in [0.25, 0.3) is 27.2 Å². The van der Waals surface area contributed by atoms with Crippen molar-refractivity contribution in [1.29, 1.82) is 5.26 Å². The number of nitriles is 1. The SMILES string of the molecule is Cc1c(Nc2c(C#N)cnc3sc(C=CC(=O)N4CCC(O)C4)cc23)ccc2[nH]ccc12. The van der Waals surface area contributed by atoms with Gasteiger partial charge >= 0.3 is 0 Å². The number of hydrogen-bond acceptors (Lipinski definition) is 6. The zero-order chi connectivity index (χ0) is 22.2. The zero-order valence-electron chi connectivity index (χ0n) is 17.4. The first kappa shape index (κ1) is 20.2. The fourth-order valence-corrected chi connectivity index (χ4v) is 4.98. The lowest BCUT2D eigenvalue weighted by Crippen LogP contribution is -2.27. The van der Waals surface area contributed by atoms with Crippen LogP contribution in [0.3, 0.4) is 0 Å². The van der Waals surface area contributed by atoms with E-state index in [9.17, 15) is 15.2 Å². The number of aliphatic hydroxyl groups excluding tert-OH is 1. The number of nitrogens with one attached hydrogen (secondary N) is 2. The predicted molar refractivity (Wildman–Crippen MR) is 127 cm³/mol. The van der Waals surface area contributed by atoms with Gasteiger partial charge in [0.2, 0.25) is 5.91 Å². The lowest BCUT2D eigenvalue weighted by Gasteiger charge is -2.12. The highest BCUT2D eigenvalue weighted by Crippen LogP contribution is 2.36. The van der Waals surface area contributed by atoms with E-state index >= 15 is 0 Å². The molecular formula is C24H21N5O2S. The molecule has 1 saturated heterocycles. The van der Waals surface area contributed by atoms with Gasteiger partial charge in [0.25, 0.3) is 0 Å². The average molecular weight is 444 g/mol. The summed E-state index contributed by atoms with van der Waals surface area (Å²) in [5, 5.41) is 24.7. The molecule has 5 rings (SSSR count). The minimum absolute atomic E-state index is 0.113. The second kappa shape index (κ2) is 8.11. The van der Waals surface area contributed by atoms with Crippen molar-refractivity contribution in [3.8, 4) is 6.07 Å². The number of H-pyrrole nitrogens is 1. The van der Waals surface area contributed by atoms with Gasteiger partial charge < -0.3 is 20.3 Å². The van der Waals surface area contributed by atoms with Crippen molar-refractivity contribution >= 4 is 55.8 Å². The van der Waals surface area contributed by atoms with Crippen LogP contribution in [0.2, 0.25) is 0 Å². The van der Waals surface area contributed by atoms with E-state index in [2.05, 4.69) is 21.4 Å². The standard InChI is InChI=1S/C24H21N5O2S/c1-14-18-6-8-26-21(18)4-3-20(14)28-23-15(11-25)12-27-24-19(23)10-17(32-24)2-5-22(31)29-9-7-16(30)13-29/h2-6,8,10,12,16,26,30H,7,9,13H2,1H3,(H,27,28). The van der Waals surface area contributed by atoms with Crippen molar-refractivity contribution in [3.05, 3.63) is 58.7 Å². The average Bonchev–Trinajstić information content (AvgIpc) is 3.53. The molecule has 0 spiro atoms. The molecule has 3 aromatic heterocycles. The Bertz CT molecular complexity index is 1410. The molecule has 160 valence electrons. The number of carbonyl (C=O) groups excluding carboxylic acids is 1. The number of likely N-dealkylation sites (tertiary alicyclic amines) is 1. The molecule has 0 bridgehead atoms. The lowest BCUT2D eigenvalue weighted by atomic mass is 10.1. The van der Waals surface area contributed by atoms with Crippen LogP contribution in [0.5, 0.6) is 0 Å². The number of rotatable bonds is 4. The van der Waals surface area contributed by atoms with E-state index in [1.807, 2.05) is 37.4 Å². The van der Waals surface area contributed by atoms with Gasteiger partial charge in [-0.15, -0.1) is 11.3 Å². The number of pyridine rings is 1. The maximum absolute atomic E-state index is 12.4. The van der Waals surface area contributed by atoms with Gasteiger partial charge in [-0.1, -0.05) is 0 Å². The Morgan fingerprint density at radius 2 is 2.28 bits per heavy atom. The number of aliphatic hydroxyl groups is 1. The van der Waals surface area contributed by atoms with E-state index in [1.165, 1.54) is 17.4 Å². The molecule has 1 fully saturated rings. The van der Waals surface area contributed by atoms with E-state index in [-0.39, 0.29) is 5.91 Å². The summed E-state index contributed by atoms with van der Waals surface area (Å²) >= 11 is 1.46. The summed E-state index contributed by atoms with van der Waals surface area (Å²) in [4.78, 5) is 23.3. The molecule has 3 N–H and O–H groups in total. The second-order valence-electron chi connectivity index (χ2n) is 7.89. The van der Waals surface area contributed by atoms with Crippen LogP contribution in [0.15, 0.2) is 42.7 Å². The van der Waals surface area contributed by atoms with Crippen LogP contribution in [-0.4, -0.2) is 45.1 Å². The third kappa shape index (κ3) is 3.62. The topological polar surface area (TPSA) is 105 Å². The molecule has 4 aromatic rings. The number of aromatic amines is 1. The minimum atomic E-state index is -0.437. The van der Waals surface area contributed by atoms with Crippen LogP contribution in [0.4, 0.5) is 11.4 Å². The third-order valence-electron chi connectivity index (χ3n) is 5.83. The van der Waals surface area contributed by atoms with Crippen LogP contribution in [0, 0.1) is 18.3 Å². The van der Waals surface area contributed by atoms with Gasteiger partial charge in [-0.05, 0) is 49.2 Å². The summed E-state index contributed by atoms with van der Waals surface area (Å²) < 4.78 is 0. The Hall–Kier alpha value is -3.67. The number of hydrogen-bond donors (Lipinski definition) is 3. The monoisotopic (exact) mass is 443 g/mol. The van der Waals surface area contributed by atoms with Gasteiger partial charge in [0.05, 0.1) is 17.4 Å². The molecule has 4 heterocycles. The highest BCUT2D eigenvalue weighted by atomic mass is 32.1. The molecule has 8 heteroatoms. The number of thiophene rings is 1. The Kier molecular flexibility index (Phi) is 5.13. The van der Waals surface area contributed by atoms with Crippen LogP contribution < -0.4 is 5.32 Å². The third-order valence-corrected chi connectivity index (χ3v) is 6.84. The molecule has 1 amide bonds. The minimum Gasteiger partial charge on any atom is -0.391 e. The number of carbonyl (C=O) groups is 1. The molecule has 1 atom stereocenters. The normalized spacial score (nSPS) is 16.3. The molecule has 32 heavy (non-hydrogen) atoms. The van der Waals surface area contributed by atoms with Crippen LogP contribution in [-0.2, 0) is 4.79 Å². The van der Waals surface area contributed by atoms with E-state index in [4.69, 9.17) is 0 Å². The number of β-amino-alcohol motifs (C(OH)–C–C–N with tert-alkyl or cyclic N) is 1. The van der Waals surface area contributed by atoms with Crippen molar-refractivity contribution in [2.24, 2.45) is 0 Å². The Balaban J connectivity index is 1.49. The number of amides is 1. The van der Waals surface area contributed by atoms with Crippen LogP contribution >= 0.6 is 11.3 Å². The van der Waals surface area contributed by atoms with Crippen molar-refractivity contribution in [3.63, 3.8) is 0 Å². The molecule has 0 aliphatic carbocycles.